The van der Waals surface area contributed by atoms with E-state index in [9.17, 15) is 4.79 Å². The van der Waals surface area contributed by atoms with Crippen molar-refractivity contribution in [3.05, 3.63) is 53.3 Å². The Labute approximate surface area is 141 Å². The maximum Gasteiger partial charge on any atom is 0.261 e. The minimum absolute atomic E-state index is 0.0273. The minimum atomic E-state index is -0.848. The van der Waals surface area contributed by atoms with Crippen molar-refractivity contribution < 1.29 is 4.79 Å². The second-order valence-corrected chi connectivity index (χ2v) is 6.67. The summed E-state index contributed by atoms with van der Waals surface area (Å²) < 4.78 is 0. The van der Waals surface area contributed by atoms with E-state index >= 15 is 0 Å². The Bertz CT molecular complexity index is 873. The average molecular weight is 320 g/mol. The van der Waals surface area contributed by atoms with Crippen LogP contribution < -0.4 is 5.73 Å². The van der Waals surface area contributed by atoms with Crippen LogP contribution in [-0.4, -0.2) is 28.8 Å². The van der Waals surface area contributed by atoms with E-state index in [0.29, 0.717) is 12.4 Å². The van der Waals surface area contributed by atoms with Crippen LogP contribution in [0.25, 0.3) is 11.1 Å². The molecule has 1 aromatic heterocycles. The molecule has 122 valence electrons. The molecular weight excluding hydrogens is 300 g/mol. The van der Waals surface area contributed by atoms with Gasteiger partial charge in [0.15, 0.2) is 11.5 Å². The fourth-order valence-electron chi connectivity index (χ4n) is 3.78. The number of carbonyl (C=O) groups excluding carboxylic acids is 1. The number of hydrogen-bond acceptors (Lipinski definition) is 4. The topological polar surface area (TPSA) is 71.6 Å². The third-order valence-electron chi connectivity index (χ3n) is 5.06. The van der Waals surface area contributed by atoms with Gasteiger partial charge in [0.2, 0.25) is 0 Å². The van der Waals surface area contributed by atoms with Crippen molar-refractivity contribution in [3.8, 4) is 11.1 Å². The lowest BCUT2D eigenvalue weighted by molar-refractivity contribution is -0.131. The third-order valence-corrected chi connectivity index (χ3v) is 5.06. The van der Waals surface area contributed by atoms with Gasteiger partial charge in [0.25, 0.3) is 5.91 Å². The first-order valence-electron chi connectivity index (χ1n) is 8.20. The molecule has 1 amide bonds. The van der Waals surface area contributed by atoms with Crippen molar-refractivity contribution >= 4 is 11.9 Å². The average Bonchev–Trinajstić information content (AvgIpc) is 2.80. The number of benzene rings is 1. The molecule has 1 atom stereocenters. The molecule has 2 aliphatic rings. The van der Waals surface area contributed by atoms with Crippen molar-refractivity contribution in [3.63, 3.8) is 0 Å². The molecule has 0 saturated heterocycles. The standard InChI is InChI=1S/C19H20N4O/c1-12-8-15(11-21-10-12)14-6-5-13-4-3-7-19(16(13)9-14)17(24)23(2)18(20)22-19/h5-6,8-11H,3-4,7H2,1-2H3,(H2,20,22). The van der Waals surface area contributed by atoms with E-state index in [0.717, 1.165) is 35.1 Å². The zero-order valence-corrected chi connectivity index (χ0v) is 13.9. The molecule has 2 aromatic rings. The van der Waals surface area contributed by atoms with Crippen molar-refractivity contribution in [2.75, 3.05) is 7.05 Å². The lowest BCUT2D eigenvalue weighted by Crippen LogP contribution is -2.42. The van der Waals surface area contributed by atoms with Crippen LogP contribution >= 0.6 is 0 Å². The third kappa shape index (κ3) is 2.04. The van der Waals surface area contributed by atoms with E-state index in [1.54, 1.807) is 7.05 Å². The molecule has 2 heterocycles. The molecule has 5 nitrogen and oxygen atoms in total. The molecule has 1 unspecified atom stereocenters. The van der Waals surface area contributed by atoms with Gasteiger partial charge in [-0.25, -0.2) is 4.99 Å². The number of nitrogens with two attached hydrogens (primary N) is 1. The smallest absolute Gasteiger partial charge is 0.261 e. The number of hydrogen-bond donors (Lipinski definition) is 1. The predicted molar refractivity (Wildman–Crippen MR) is 93.4 cm³/mol. The highest BCUT2D eigenvalue weighted by Crippen LogP contribution is 2.43. The largest absolute Gasteiger partial charge is 0.369 e. The Hall–Kier alpha value is -2.69. The first-order valence-corrected chi connectivity index (χ1v) is 8.20. The minimum Gasteiger partial charge on any atom is -0.369 e. The second-order valence-electron chi connectivity index (χ2n) is 6.67. The molecule has 1 spiro atoms. The van der Waals surface area contributed by atoms with Crippen molar-refractivity contribution in [1.82, 2.24) is 9.88 Å². The Morgan fingerprint density at radius 1 is 1.21 bits per heavy atom. The molecular formula is C19H20N4O. The molecule has 0 fully saturated rings. The number of guanidine groups is 1. The number of likely N-dealkylation sites (N-methyl/N-ethyl adjacent to an activating group) is 1. The molecule has 0 bridgehead atoms. The van der Waals surface area contributed by atoms with Crippen molar-refractivity contribution in [2.45, 2.75) is 31.7 Å². The summed E-state index contributed by atoms with van der Waals surface area (Å²) in [6, 6.07) is 8.42. The number of aryl methyl sites for hydroxylation is 2. The van der Waals surface area contributed by atoms with E-state index in [-0.39, 0.29) is 5.91 Å². The van der Waals surface area contributed by atoms with Crippen LogP contribution in [0.1, 0.15) is 29.5 Å². The van der Waals surface area contributed by atoms with Gasteiger partial charge in [-0.2, -0.15) is 0 Å². The maximum atomic E-state index is 12.9. The number of aromatic nitrogens is 1. The number of rotatable bonds is 1. The molecule has 0 radical (unpaired) electrons. The Morgan fingerprint density at radius 3 is 2.75 bits per heavy atom. The lowest BCUT2D eigenvalue weighted by Gasteiger charge is -2.32. The van der Waals surface area contributed by atoms with Crippen molar-refractivity contribution in [2.24, 2.45) is 10.7 Å². The number of amides is 1. The highest BCUT2D eigenvalue weighted by Gasteiger charge is 2.49. The van der Waals surface area contributed by atoms with Crippen LogP contribution in [0.15, 0.2) is 41.7 Å². The van der Waals surface area contributed by atoms with Crippen molar-refractivity contribution in [1.29, 1.82) is 0 Å². The van der Waals surface area contributed by atoms with Gasteiger partial charge in [0, 0.05) is 25.0 Å². The van der Waals surface area contributed by atoms with Gasteiger partial charge in [0.05, 0.1) is 0 Å². The molecule has 2 N–H and O–H groups in total. The van der Waals surface area contributed by atoms with Crippen LogP contribution in [0.5, 0.6) is 0 Å². The number of carbonyl (C=O) groups is 1. The summed E-state index contributed by atoms with van der Waals surface area (Å²) in [5, 5.41) is 0. The first kappa shape index (κ1) is 14.9. The van der Waals surface area contributed by atoms with Gasteiger partial charge in [-0.1, -0.05) is 12.1 Å². The lowest BCUT2D eigenvalue weighted by atomic mass is 9.75. The van der Waals surface area contributed by atoms with Gasteiger partial charge in [-0.05, 0) is 60.6 Å². The van der Waals surface area contributed by atoms with Crippen LogP contribution in [-0.2, 0) is 16.8 Å². The van der Waals surface area contributed by atoms with Gasteiger partial charge >= 0.3 is 0 Å². The molecule has 5 heteroatoms. The fraction of sp³-hybridized carbons (Fsp3) is 0.316. The van der Waals surface area contributed by atoms with Crippen LogP contribution in [0, 0.1) is 6.92 Å². The molecule has 4 rings (SSSR count). The van der Waals surface area contributed by atoms with Gasteiger partial charge in [-0.3, -0.25) is 14.7 Å². The van der Waals surface area contributed by atoms with Crippen LogP contribution in [0.4, 0.5) is 0 Å². The van der Waals surface area contributed by atoms with Gasteiger partial charge < -0.3 is 5.73 Å². The summed E-state index contributed by atoms with van der Waals surface area (Å²) in [7, 11) is 1.69. The molecule has 1 aliphatic heterocycles. The molecule has 1 aromatic carbocycles. The van der Waals surface area contributed by atoms with Crippen LogP contribution in [0.3, 0.4) is 0 Å². The number of fused-ring (bicyclic) bond motifs is 2. The quantitative estimate of drug-likeness (QED) is 0.877. The van der Waals surface area contributed by atoms with E-state index in [1.807, 2.05) is 19.3 Å². The zero-order valence-electron chi connectivity index (χ0n) is 13.9. The van der Waals surface area contributed by atoms with Gasteiger partial charge in [-0.15, -0.1) is 0 Å². The molecule has 0 saturated carbocycles. The van der Waals surface area contributed by atoms with E-state index < -0.39 is 5.54 Å². The Kier molecular flexibility index (Phi) is 3.20. The summed E-state index contributed by atoms with van der Waals surface area (Å²) in [5.74, 6) is 0.274. The predicted octanol–water partition coefficient (Wildman–Crippen LogP) is 2.38. The summed E-state index contributed by atoms with van der Waals surface area (Å²) in [5.41, 5.74) is 10.5. The Balaban J connectivity index is 1.89. The maximum absolute atomic E-state index is 12.9. The van der Waals surface area contributed by atoms with E-state index in [2.05, 4.69) is 34.2 Å². The monoisotopic (exact) mass is 320 g/mol. The second kappa shape index (κ2) is 5.16. The number of pyridine rings is 1. The fourth-order valence-corrected chi connectivity index (χ4v) is 3.78. The summed E-state index contributed by atoms with van der Waals surface area (Å²) in [6.07, 6.45) is 6.30. The van der Waals surface area contributed by atoms with E-state index in [1.165, 1.54) is 10.5 Å². The van der Waals surface area contributed by atoms with Gasteiger partial charge in [0.1, 0.15) is 0 Å². The summed E-state index contributed by atoms with van der Waals surface area (Å²) in [6.45, 7) is 2.02. The first-order chi connectivity index (χ1) is 11.5. The zero-order chi connectivity index (χ0) is 16.9. The highest BCUT2D eigenvalue weighted by molar-refractivity contribution is 6.07. The Morgan fingerprint density at radius 2 is 2.04 bits per heavy atom. The SMILES string of the molecule is Cc1cncc(-c2ccc3c(c2)C2(CCC3)N=C(N)N(C)C2=O)c1. The number of nitrogens with zero attached hydrogens (tertiary/aromatic N) is 3. The molecule has 24 heavy (non-hydrogen) atoms. The number of aliphatic imine (C=N–C) groups is 1. The summed E-state index contributed by atoms with van der Waals surface area (Å²) in [4.78, 5) is 23.2. The van der Waals surface area contributed by atoms with Crippen LogP contribution in [0.2, 0.25) is 0 Å². The summed E-state index contributed by atoms with van der Waals surface area (Å²) >= 11 is 0. The molecule has 1 aliphatic carbocycles. The van der Waals surface area contributed by atoms with E-state index in [4.69, 9.17) is 5.73 Å². The normalized spacial score (nSPS) is 22.7. The highest BCUT2D eigenvalue weighted by atomic mass is 16.2.